The second-order valence-corrected chi connectivity index (χ2v) is 9.42. The fourth-order valence-electron chi connectivity index (χ4n) is 4.54. The Morgan fingerprint density at radius 1 is 0.947 bits per heavy atom. The van der Waals surface area contributed by atoms with Crippen molar-refractivity contribution in [2.75, 3.05) is 44.5 Å². The topological polar surface area (TPSA) is 91.3 Å². The molecule has 0 aliphatic carbocycles. The maximum Gasteiger partial charge on any atom is 0.337 e. The van der Waals surface area contributed by atoms with Gasteiger partial charge in [0.1, 0.15) is 5.92 Å². The van der Waals surface area contributed by atoms with Crippen molar-refractivity contribution < 1.29 is 19.1 Å². The predicted octanol–water partition coefficient (Wildman–Crippen LogP) is 4.63. The van der Waals surface area contributed by atoms with Gasteiger partial charge in [0.05, 0.1) is 24.1 Å². The Hall–Kier alpha value is -4.30. The molecule has 0 fully saturated rings. The average molecular weight is 513 g/mol. The van der Waals surface area contributed by atoms with Crippen molar-refractivity contribution in [3.8, 4) is 0 Å². The molecule has 0 saturated heterocycles. The van der Waals surface area contributed by atoms with Crippen LogP contribution in [0.5, 0.6) is 0 Å². The molecule has 0 saturated carbocycles. The minimum absolute atomic E-state index is 0.0180. The summed E-state index contributed by atoms with van der Waals surface area (Å²) in [4.78, 5) is 46.3. The second-order valence-electron chi connectivity index (χ2n) is 9.42. The maximum absolute atomic E-state index is 13.2. The SMILES string of the molecule is COC(=O)c1ccc2c(c1)NC(=O)C2C(=Nc1ccc(N(CCCN(C)C)C(C)=O)cc1)c1ccccc1. The van der Waals surface area contributed by atoms with Crippen LogP contribution < -0.4 is 10.2 Å². The summed E-state index contributed by atoms with van der Waals surface area (Å²) in [5, 5.41) is 2.89. The average Bonchev–Trinajstić information content (AvgIpc) is 3.24. The van der Waals surface area contributed by atoms with Crippen LogP contribution in [0.2, 0.25) is 0 Å². The van der Waals surface area contributed by atoms with Gasteiger partial charge in [-0.25, -0.2) is 4.79 Å². The number of esters is 1. The van der Waals surface area contributed by atoms with E-state index < -0.39 is 11.9 Å². The number of rotatable bonds is 9. The van der Waals surface area contributed by atoms with Crippen molar-refractivity contribution in [1.82, 2.24) is 4.90 Å². The van der Waals surface area contributed by atoms with Gasteiger partial charge in [0.25, 0.3) is 0 Å². The van der Waals surface area contributed by atoms with E-state index in [2.05, 4.69) is 10.2 Å². The number of aliphatic imine (C=N–C) groups is 1. The van der Waals surface area contributed by atoms with Crippen molar-refractivity contribution in [1.29, 1.82) is 0 Å². The zero-order chi connectivity index (χ0) is 27.2. The number of fused-ring (bicyclic) bond motifs is 1. The third-order valence-corrected chi connectivity index (χ3v) is 6.43. The van der Waals surface area contributed by atoms with Gasteiger partial charge in [0.2, 0.25) is 11.8 Å². The van der Waals surface area contributed by atoms with Crippen molar-refractivity contribution >= 4 is 40.6 Å². The van der Waals surface area contributed by atoms with Gasteiger partial charge < -0.3 is 19.9 Å². The van der Waals surface area contributed by atoms with Gasteiger partial charge in [-0.1, -0.05) is 36.4 Å². The predicted molar refractivity (Wildman–Crippen MR) is 149 cm³/mol. The van der Waals surface area contributed by atoms with E-state index in [1.165, 1.54) is 7.11 Å². The first-order valence-electron chi connectivity index (χ1n) is 12.5. The lowest BCUT2D eigenvalue weighted by Crippen LogP contribution is -2.31. The van der Waals surface area contributed by atoms with E-state index in [-0.39, 0.29) is 11.8 Å². The van der Waals surface area contributed by atoms with Gasteiger partial charge in [0.15, 0.2) is 0 Å². The summed E-state index contributed by atoms with van der Waals surface area (Å²) >= 11 is 0. The Bertz CT molecular complexity index is 1350. The van der Waals surface area contributed by atoms with Crippen molar-refractivity contribution in [2.24, 2.45) is 4.99 Å². The van der Waals surface area contributed by atoms with Gasteiger partial charge in [-0.3, -0.25) is 14.6 Å². The van der Waals surface area contributed by atoms with Crippen LogP contribution in [-0.2, 0) is 14.3 Å². The molecule has 0 spiro atoms. The van der Waals surface area contributed by atoms with Gasteiger partial charge in [-0.2, -0.15) is 0 Å². The third-order valence-electron chi connectivity index (χ3n) is 6.43. The Balaban J connectivity index is 1.69. The summed E-state index contributed by atoms with van der Waals surface area (Å²) < 4.78 is 4.82. The van der Waals surface area contributed by atoms with Crippen LogP contribution in [0.25, 0.3) is 0 Å². The molecule has 1 heterocycles. The van der Waals surface area contributed by atoms with E-state index in [9.17, 15) is 14.4 Å². The number of benzene rings is 3. The molecule has 3 aromatic carbocycles. The molecule has 8 heteroatoms. The molecule has 0 radical (unpaired) electrons. The smallest absolute Gasteiger partial charge is 0.337 e. The lowest BCUT2D eigenvalue weighted by atomic mass is 9.90. The van der Waals surface area contributed by atoms with E-state index in [0.29, 0.717) is 29.2 Å². The third kappa shape index (κ3) is 5.98. The summed E-state index contributed by atoms with van der Waals surface area (Å²) in [6, 6.07) is 22.1. The summed E-state index contributed by atoms with van der Waals surface area (Å²) in [6.45, 7) is 3.08. The van der Waals surface area contributed by atoms with Gasteiger partial charge in [-0.05, 0) is 74.6 Å². The van der Waals surface area contributed by atoms with E-state index in [4.69, 9.17) is 9.73 Å². The number of carbonyl (C=O) groups excluding carboxylic acids is 3. The summed E-state index contributed by atoms with van der Waals surface area (Å²) in [5.41, 5.74) is 4.54. The number of hydrogen-bond acceptors (Lipinski definition) is 6. The quantitative estimate of drug-likeness (QED) is 0.333. The van der Waals surface area contributed by atoms with Crippen molar-refractivity contribution in [2.45, 2.75) is 19.3 Å². The second kappa shape index (κ2) is 11.8. The standard InChI is InChI=1S/C30H32N4O4/c1-20(35)34(18-8-17-33(2)3)24-14-12-23(13-15-24)31-28(21-9-6-5-7-10-21)27-25-16-11-22(30(37)38-4)19-26(25)32-29(27)36/h5-7,9-16,19,27H,8,17-18H2,1-4H3,(H,32,36). The Morgan fingerprint density at radius 2 is 1.66 bits per heavy atom. The van der Waals surface area contributed by atoms with E-state index >= 15 is 0 Å². The van der Waals surface area contributed by atoms with Crippen molar-refractivity contribution in [3.63, 3.8) is 0 Å². The van der Waals surface area contributed by atoms with E-state index in [1.807, 2.05) is 68.7 Å². The largest absolute Gasteiger partial charge is 0.465 e. The minimum Gasteiger partial charge on any atom is -0.465 e. The summed E-state index contributed by atoms with van der Waals surface area (Å²) in [5.74, 6) is -1.36. The number of nitrogens with one attached hydrogen (secondary N) is 1. The fourth-order valence-corrected chi connectivity index (χ4v) is 4.54. The molecule has 8 nitrogen and oxygen atoms in total. The molecule has 1 N–H and O–H groups in total. The molecule has 0 bridgehead atoms. The number of nitrogens with zero attached hydrogens (tertiary/aromatic N) is 3. The lowest BCUT2D eigenvalue weighted by molar-refractivity contribution is -0.117. The van der Waals surface area contributed by atoms with Crippen LogP contribution in [-0.4, -0.2) is 62.7 Å². The molecule has 0 aromatic heterocycles. The number of methoxy groups -OCH3 is 1. The molecule has 1 aliphatic heterocycles. The highest BCUT2D eigenvalue weighted by Gasteiger charge is 2.36. The van der Waals surface area contributed by atoms with E-state index in [0.717, 1.165) is 29.8 Å². The normalized spacial score (nSPS) is 14.7. The van der Waals surface area contributed by atoms with Crippen molar-refractivity contribution in [3.05, 3.63) is 89.5 Å². The van der Waals surface area contributed by atoms with Crippen LogP contribution in [0, 0.1) is 0 Å². The molecular weight excluding hydrogens is 480 g/mol. The molecule has 38 heavy (non-hydrogen) atoms. The monoisotopic (exact) mass is 512 g/mol. The molecule has 1 atom stereocenters. The molecule has 3 aromatic rings. The molecule has 2 amide bonds. The number of amides is 2. The fraction of sp³-hybridized carbons (Fsp3) is 0.267. The van der Waals surface area contributed by atoms with E-state index in [1.54, 1.807) is 30.0 Å². The molecule has 4 rings (SSSR count). The van der Waals surface area contributed by atoms with Gasteiger partial charge >= 0.3 is 5.97 Å². The highest BCUT2D eigenvalue weighted by molar-refractivity contribution is 6.24. The zero-order valence-corrected chi connectivity index (χ0v) is 22.1. The first kappa shape index (κ1) is 26.8. The van der Waals surface area contributed by atoms with Crippen LogP contribution in [0.15, 0.2) is 77.8 Å². The summed E-state index contributed by atoms with van der Waals surface area (Å²) in [7, 11) is 5.34. The Morgan fingerprint density at radius 3 is 2.29 bits per heavy atom. The first-order chi connectivity index (χ1) is 18.3. The van der Waals surface area contributed by atoms with Crippen LogP contribution >= 0.6 is 0 Å². The summed E-state index contributed by atoms with van der Waals surface area (Å²) in [6.07, 6.45) is 0.860. The number of hydrogen-bond donors (Lipinski definition) is 1. The molecular formula is C30H32N4O4. The first-order valence-corrected chi connectivity index (χ1v) is 12.5. The van der Waals surface area contributed by atoms with Gasteiger partial charge in [-0.15, -0.1) is 0 Å². The van der Waals surface area contributed by atoms with Gasteiger partial charge in [0, 0.05) is 24.8 Å². The molecule has 1 aliphatic rings. The zero-order valence-electron chi connectivity index (χ0n) is 22.1. The van der Waals surface area contributed by atoms with Crippen LogP contribution in [0.4, 0.5) is 17.1 Å². The molecule has 196 valence electrons. The Labute approximate surface area is 222 Å². The maximum atomic E-state index is 13.2. The highest BCUT2D eigenvalue weighted by atomic mass is 16.5. The van der Waals surface area contributed by atoms with Crippen LogP contribution in [0.1, 0.15) is 40.7 Å². The number of anilines is 2. The molecule has 1 unspecified atom stereocenters. The van der Waals surface area contributed by atoms with Crippen LogP contribution in [0.3, 0.4) is 0 Å². The number of carbonyl (C=O) groups is 3. The number of ether oxygens (including phenoxy) is 1. The Kier molecular flexibility index (Phi) is 8.33. The highest BCUT2D eigenvalue weighted by Crippen LogP contribution is 2.37. The minimum atomic E-state index is -0.654. The lowest BCUT2D eigenvalue weighted by Gasteiger charge is -2.22.